The molecule has 0 saturated carbocycles. The number of allylic oxidation sites excluding steroid dienone is 3. The van der Waals surface area contributed by atoms with Crippen molar-refractivity contribution < 1.29 is 0 Å². The van der Waals surface area contributed by atoms with Gasteiger partial charge in [-0.15, -0.1) is 0 Å². The molecule has 0 atom stereocenters. The Bertz CT molecular complexity index is 199. The summed E-state index contributed by atoms with van der Waals surface area (Å²) in [7, 11) is 0. The molecule has 1 aliphatic heterocycles. The van der Waals surface area contributed by atoms with Crippen molar-refractivity contribution >= 4 is 11.8 Å². The van der Waals surface area contributed by atoms with Crippen LogP contribution in [-0.2, 0) is 0 Å². The molecule has 1 saturated heterocycles. The molecule has 0 N–H and O–H groups in total. The lowest BCUT2D eigenvalue weighted by Gasteiger charge is -1.95. The van der Waals surface area contributed by atoms with Crippen LogP contribution < -0.4 is 0 Å². The molecule has 1 rings (SSSR count). The number of hydrogen-bond donors (Lipinski definition) is 0. The topological polar surface area (TPSA) is 0 Å². The van der Waals surface area contributed by atoms with Gasteiger partial charge in [-0.3, -0.25) is 0 Å². The Kier molecular flexibility index (Phi) is 3.50. The molecule has 0 unspecified atom stereocenters. The molecule has 1 fully saturated rings. The van der Waals surface area contributed by atoms with Crippen LogP contribution in [0.1, 0.15) is 13.3 Å². The van der Waals surface area contributed by atoms with Gasteiger partial charge in [0, 0.05) is 11.5 Å². The summed E-state index contributed by atoms with van der Waals surface area (Å²) in [6.45, 7) is 5.89. The SMILES string of the molecule is C=C/C=C1/CSC/C1=C/CC. The third-order valence-corrected chi connectivity index (χ3v) is 2.73. The fourth-order valence-electron chi connectivity index (χ4n) is 1.19. The molecule has 60 valence electrons. The first-order valence-corrected chi connectivity index (χ1v) is 5.12. The fraction of sp³-hybridized carbons (Fsp3) is 0.400. The van der Waals surface area contributed by atoms with Crippen LogP contribution in [-0.4, -0.2) is 11.5 Å². The second kappa shape index (κ2) is 4.45. The van der Waals surface area contributed by atoms with Gasteiger partial charge in [0.15, 0.2) is 0 Å². The predicted molar refractivity (Wildman–Crippen MR) is 54.0 cm³/mol. The zero-order valence-corrected chi connectivity index (χ0v) is 7.79. The van der Waals surface area contributed by atoms with Crippen LogP contribution in [0.15, 0.2) is 36.0 Å². The first-order chi connectivity index (χ1) is 5.38. The van der Waals surface area contributed by atoms with Gasteiger partial charge in [-0.2, -0.15) is 11.8 Å². The number of rotatable bonds is 2. The summed E-state index contributed by atoms with van der Waals surface area (Å²) in [5.41, 5.74) is 2.98. The van der Waals surface area contributed by atoms with E-state index in [4.69, 9.17) is 0 Å². The van der Waals surface area contributed by atoms with Crippen LogP contribution in [0.2, 0.25) is 0 Å². The van der Waals surface area contributed by atoms with Gasteiger partial charge in [-0.25, -0.2) is 0 Å². The van der Waals surface area contributed by atoms with Crippen molar-refractivity contribution in [1.29, 1.82) is 0 Å². The van der Waals surface area contributed by atoms with E-state index in [1.54, 1.807) is 0 Å². The molecule has 1 heteroatoms. The minimum absolute atomic E-state index is 1.14. The molecule has 0 radical (unpaired) electrons. The Balaban J connectivity index is 2.72. The second-order valence-corrected chi connectivity index (χ2v) is 3.54. The van der Waals surface area contributed by atoms with Crippen molar-refractivity contribution in [1.82, 2.24) is 0 Å². The number of hydrogen-bond acceptors (Lipinski definition) is 1. The molecular weight excluding hydrogens is 152 g/mol. The maximum Gasteiger partial charge on any atom is 0.0190 e. The van der Waals surface area contributed by atoms with E-state index in [9.17, 15) is 0 Å². The van der Waals surface area contributed by atoms with Crippen LogP contribution in [0.5, 0.6) is 0 Å². The van der Waals surface area contributed by atoms with E-state index < -0.39 is 0 Å². The highest BCUT2D eigenvalue weighted by atomic mass is 32.2. The van der Waals surface area contributed by atoms with Crippen molar-refractivity contribution in [3.8, 4) is 0 Å². The smallest absolute Gasteiger partial charge is 0.0190 e. The van der Waals surface area contributed by atoms with Gasteiger partial charge < -0.3 is 0 Å². The third kappa shape index (κ3) is 2.26. The van der Waals surface area contributed by atoms with E-state index in [1.807, 2.05) is 17.8 Å². The van der Waals surface area contributed by atoms with E-state index in [0.29, 0.717) is 0 Å². The standard InChI is InChI=1S/C10H14S/c1-3-5-9-7-11-8-10(9)6-4-2/h3,5-6H,1,4,7-8H2,2H3/b9-5-,10-6-. The predicted octanol–water partition coefficient (Wildman–Crippen LogP) is 3.18. The van der Waals surface area contributed by atoms with Gasteiger partial charge in [0.1, 0.15) is 0 Å². The Morgan fingerprint density at radius 3 is 2.82 bits per heavy atom. The molecule has 0 nitrogen and oxygen atoms in total. The largest absolute Gasteiger partial charge is 0.152 e. The molecule has 0 aromatic carbocycles. The fourth-order valence-corrected chi connectivity index (χ4v) is 2.32. The Morgan fingerprint density at radius 1 is 1.45 bits per heavy atom. The summed E-state index contributed by atoms with van der Waals surface area (Å²) >= 11 is 1.99. The van der Waals surface area contributed by atoms with Crippen LogP contribution in [0.3, 0.4) is 0 Å². The van der Waals surface area contributed by atoms with Crippen molar-refractivity contribution in [2.75, 3.05) is 11.5 Å². The molecule has 0 spiro atoms. The first kappa shape index (κ1) is 8.66. The van der Waals surface area contributed by atoms with Crippen molar-refractivity contribution in [2.45, 2.75) is 13.3 Å². The zero-order valence-electron chi connectivity index (χ0n) is 6.97. The molecule has 11 heavy (non-hydrogen) atoms. The average Bonchev–Trinajstić information content (AvgIpc) is 2.39. The third-order valence-electron chi connectivity index (χ3n) is 1.70. The van der Waals surface area contributed by atoms with Gasteiger partial charge in [-0.05, 0) is 17.6 Å². The van der Waals surface area contributed by atoms with Crippen LogP contribution in [0.25, 0.3) is 0 Å². The van der Waals surface area contributed by atoms with Gasteiger partial charge in [0.05, 0.1) is 0 Å². The van der Waals surface area contributed by atoms with E-state index in [-0.39, 0.29) is 0 Å². The number of thioether (sulfide) groups is 1. The maximum absolute atomic E-state index is 3.71. The van der Waals surface area contributed by atoms with E-state index in [1.165, 1.54) is 16.9 Å². The van der Waals surface area contributed by atoms with Crippen LogP contribution >= 0.6 is 11.8 Å². The van der Waals surface area contributed by atoms with Crippen LogP contribution in [0.4, 0.5) is 0 Å². The highest BCUT2D eigenvalue weighted by Gasteiger charge is 2.11. The van der Waals surface area contributed by atoms with Gasteiger partial charge >= 0.3 is 0 Å². The normalized spacial score (nSPS) is 24.8. The average molecular weight is 166 g/mol. The summed E-state index contributed by atoms with van der Waals surface area (Å²) in [6, 6.07) is 0. The minimum atomic E-state index is 1.14. The summed E-state index contributed by atoms with van der Waals surface area (Å²) in [6.07, 6.45) is 7.46. The lowest BCUT2D eigenvalue weighted by Crippen LogP contribution is -1.83. The van der Waals surface area contributed by atoms with Gasteiger partial charge in [0.2, 0.25) is 0 Å². The Morgan fingerprint density at radius 2 is 2.18 bits per heavy atom. The molecular formula is C10H14S. The maximum atomic E-state index is 3.71. The van der Waals surface area contributed by atoms with Crippen molar-refractivity contribution in [3.05, 3.63) is 36.0 Å². The highest BCUT2D eigenvalue weighted by molar-refractivity contribution is 8.00. The van der Waals surface area contributed by atoms with Crippen molar-refractivity contribution in [3.63, 3.8) is 0 Å². The zero-order chi connectivity index (χ0) is 8.10. The summed E-state index contributed by atoms with van der Waals surface area (Å²) in [5, 5.41) is 0. The van der Waals surface area contributed by atoms with E-state index in [2.05, 4.69) is 25.7 Å². The quantitative estimate of drug-likeness (QED) is 0.607. The molecule has 0 aliphatic carbocycles. The first-order valence-electron chi connectivity index (χ1n) is 3.97. The molecule has 0 bridgehead atoms. The second-order valence-electron chi connectivity index (χ2n) is 2.56. The summed E-state index contributed by atoms with van der Waals surface area (Å²) < 4.78 is 0. The van der Waals surface area contributed by atoms with Gasteiger partial charge in [0.25, 0.3) is 0 Å². The summed E-state index contributed by atoms with van der Waals surface area (Å²) in [5.74, 6) is 2.35. The van der Waals surface area contributed by atoms with Crippen molar-refractivity contribution in [2.24, 2.45) is 0 Å². The Labute approximate surface area is 73.1 Å². The molecule has 1 aliphatic rings. The van der Waals surface area contributed by atoms with E-state index in [0.717, 1.165) is 12.2 Å². The minimum Gasteiger partial charge on any atom is -0.152 e. The monoisotopic (exact) mass is 166 g/mol. The molecule has 0 amide bonds. The molecule has 0 aromatic rings. The van der Waals surface area contributed by atoms with E-state index >= 15 is 0 Å². The molecule has 0 aromatic heterocycles. The lowest BCUT2D eigenvalue weighted by atomic mass is 10.1. The highest BCUT2D eigenvalue weighted by Crippen LogP contribution is 2.28. The Hall–Kier alpha value is -0.430. The lowest BCUT2D eigenvalue weighted by molar-refractivity contribution is 1.19. The van der Waals surface area contributed by atoms with Gasteiger partial charge in [-0.1, -0.05) is 31.7 Å². The molecule has 1 heterocycles. The van der Waals surface area contributed by atoms with Crippen LogP contribution in [0, 0.1) is 0 Å². The summed E-state index contributed by atoms with van der Waals surface area (Å²) in [4.78, 5) is 0.